The topological polar surface area (TPSA) is 49.9 Å². The van der Waals surface area contributed by atoms with Crippen molar-refractivity contribution in [2.45, 2.75) is 47.0 Å². The van der Waals surface area contributed by atoms with E-state index in [-0.39, 0.29) is 17.2 Å². The molecule has 1 aliphatic rings. The Bertz CT molecular complexity index is 614. The monoisotopic (exact) mass is 360 g/mol. The predicted molar refractivity (Wildman–Crippen MR) is 103 cm³/mol. The number of para-hydroxylation sites is 1. The fraction of sp³-hybridized carbons (Fsp3) is 0.619. The second kappa shape index (κ2) is 9.06. The van der Waals surface area contributed by atoms with E-state index < -0.39 is 0 Å². The van der Waals surface area contributed by atoms with Gasteiger partial charge in [0.1, 0.15) is 5.75 Å². The summed E-state index contributed by atoms with van der Waals surface area (Å²) in [7, 11) is 0. The maximum Gasteiger partial charge on any atom is 0.223 e. The first-order valence-electron chi connectivity index (χ1n) is 9.50. The molecule has 0 saturated carbocycles. The average molecular weight is 360 g/mol. The quantitative estimate of drug-likeness (QED) is 0.732. The Morgan fingerprint density at radius 3 is 2.15 bits per heavy atom. The van der Waals surface area contributed by atoms with Crippen molar-refractivity contribution in [2.75, 3.05) is 32.8 Å². The van der Waals surface area contributed by atoms with Crippen molar-refractivity contribution in [3.05, 3.63) is 29.8 Å². The molecule has 26 heavy (non-hydrogen) atoms. The molecule has 144 valence electrons. The molecule has 0 aliphatic carbocycles. The van der Waals surface area contributed by atoms with Crippen molar-refractivity contribution >= 4 is 11.8 Å². The minimum Gasteiger partial charge on any atom is -0.493 e. The molecule has 1 fully saturated rings. The minimum atomic E-state index is 0.00114. The summed E-state index contributed by atoms with van der Waals surface area (Å²) >= 11 is 0. The van der Waals surface area contributed by atoms with Crippen LogP contribution in [0.2, 0.25) is 0 Å². The number of aryl methyl sites for hydroxylation is 1. The van der Waals surface area contributed by atoms with Gasteiger partial charge in [0.25, 0.3) is 0 Å². The van der Waals surface area contributed by atoms with E-state index in [1.54, 1.807) is 0 Å². The Labute approximate surface area is 157 Å². The van der Waals surface area contributed by atoms with E-state index in [1.807, 2.05) is 41.0 Å². The number of ether oxygens (including phenoxy) is 1. The molecular formula is C21H32N2O3. The zero-order valence-electron chi connectivity index (χ0n) is 16.6. The number of carbonyl (C=O) groups is 2. The average Bonchev–Trinajstić information content (AvgIpc) is 2.58. The van der Waals surface area contributed by atoms with Crippen LogP contribution in [0.5, 0.6) is 5.75 Å². The molecule has 0 spiro atoms. The summed E-state index contributed by atoms with van der Waals surface area (Å²) in [5.41, 5.74) is 1.11. The molecular weight excluding hydrogens is 328 g/mol. The van der Waals surface area contributed by atoms with Crippen LogP contribution in [-0.4, -0.2) is 54.4 Å². The molecule has 1 aromatic carbocycles. The van der Waals surface area contributed by atoms with Crippen LogP contribution in [0.1, 0.15) is 45.6 Å². The van der Waals surface area contributed by atoms with Gasteiger partial charge in [0, 0.05) is 39.0 Å². The molecule has 5 nitrogen and oxygen atoms in total. The van der Waals surface area contributed by atoms with Gasteiger partial charge in [-0.2, -0.15) is 0 Å². The summed E-state index contributed by atoms with van der Waals surface area (Å²) in [5.74, 6) is 1.23. The van der Waals surface area contributed by atoms with Gasteiger partial charge in [-0.15, -0.1) is 0 Å². The van der Waals surface area contributed by atoms with Gasteiger partial charge in [0.2, 0.25) is 11.8 Å². The summed E-state index contributed by atoms with van der Waals surface area (Å²) in [6.07, 6.45) is 1.75. The van der Waals surface area contributed by atoms with Crippen molar-refractivity contribution in [3.63, 3.8) is 0 Å². The van der Waals surface area contributed by atoms with Crippen LogP contribution < -0.4 is 4.74 Å². The van der Waals surface area contributed by atoms with Gasteiger partial charge in [0.15, 0.2) is 0 Å². The first-order valence-corrected chi connectivity index (χ1v) is 9.50. The Hall–Kier alpha value is -2.04. The number of amides is 2. The third kappa shape index (κ3) is 6.36. The van der Waals surface area contributed by atoms with Crippen molar-refractivity contribution in [2.24, 2.45) is 5.41 Å². The van der Waals surface area contributed by atoms with Crippen molar-refractivity contribution in [1.29, 1.82) is 0 Å². The highest BCUT2D eigenvalue weighted by Gasteiger charge is 2.26. The van der Waals surface area contributed by atoms with E-state index in [0.717, 1.165) is 11.3 Å². The number of hydrogen-bond donors (Lipinski definition) is 0. The normalized spacial score (nSPS) is 15.1. The van der Waals surface area contributed by atoms with Gasteiger partial charge in [-0.1, -0.05) is 39.0 Å². The molecule has 0 bridgehead atoms. The molecule has 0 atom stereocenters. The lowest BCUT2D eigenvalue weighted by molar-refractivity contribution is -0.140. The summed E-state index contributed by atoms with van der Waals surface area (Å²) in [6.45, 7) is 11.3. The molecule has 1 saturated heterocycles. The van der Waals surface area contributed by atoms with Crippen LogP contribution in [0.4, 0.5) is 0 Å². The third-order valence-electron chi connectivity index (χ3n) is 4.55. The fourth-order valence-electron chi connectivity index (χ4n) is 3.05. The lowest BCUT2D eigenvalue weighted by Crippen LogP contribution is -2.51. The third-order valence-corrected chi connectivity index (χ3v) is 4.55. The van der Waals surface area contributed by atoms with E-state index in [2.05, 4.69) is 20.8 Å². The second-order valence-electron chi connectivity index (χ2n) is 8.22. The van der Waals surface area contributed by atoms with E-state index in [1.165, 1.54) is 0 Å². The largest absolute Gasteiger partial charge is 0.493 e. The first kappa shape index (κ1) is 20.3. The maximum atomic E-state index is 12.3. The lowest BCUT2D eigenvalue weighted by Gasteiger charge is -2.36. The van der Waals surface area contributed by atoms with Gasteiger partial charge >= 0.3 is 0 Å². The van der Waals surface area contributed by atoms with Crippen LogP contribution in [-0.2, 0) is 9.59 Å². The molecule has 5 heteroatoms. The zero-order valence-corrected chi connectivity index (χ0v) is 16.6. The molecule has 2 amide bonds. The van der Waals surface area contributed by atoms with E-state index in [0.29, 0.717) is 52.0 Å². The molecule has 0 N–H and O–H groups in total. The second-order valence-corrected chi connectivity index (χ2v) is 8.22. The van der Waals surface area contributed by atoms with Gasteiger partial charge in [-0.3, -0.25) is 9.59 Å². The molecule has 0 aromatic heterocycles. The minimum absolute atomic E-state index is 0.00114. The molecule has 1 aromatic rings. The van der Waals surface area contributed by atoms with Crippen LogP contribution >= 0.6 is 0 Å². The van der Waals surface area contributed by atoms with Crippen LogP contribution in [0, 0.1) is 12.3 Å². The van der Waals surface area contributed by atoms with Crippen molar-refractivity contribution in [3.8, 4) is 5.75 Å². The van der Waals surface area contributed by atoms with Gasteiger partial charge < -0.3 is 14.5 Å². The SMILES string of the molecule is Cc1ccccc1OCCCC(=O)N1CCN(C(=O)CC(C)(C)C)CC1. The zero-order chi connectivity index (χ0) is 19.2. The standard InChI is InChI=1S/C21H32N2O3/c1-17-8-5-6-9-18(17)26-15-7-10-19(24)22-11-13-23(14-12-22)20(25)16-21(2,3)4/h5-6,8-9H,7,10-16H2,1-4H3. The maximum absolute atomic E-state index is 12.3. The van der Waals surface area contributed by atoms with Crippen molar-refractivity contribution in [1.82, 2.24) is 9.80 Å². The van der Waals surface area contributed by atoms with Crippen LogP contribution in [0.3, 0.4) is 0 Å². The molecule has 0 unspecified atom stereocenters. The van der Waals surface area contributed by atoms with Gasteiger partial charge in [-0.25, -0.2) is 0 Å². The number of piperazine rings is 1. The number of benzene rings is 1. The van der Waals surface area contributed by atoms with Gasteiger partial charge in [0.05, 0.1) is 6.61 Å². The van der Waals surface area contributed by atoms with E-state index in [4.69, 9.17) is 4.74 Å². The smallest absolute Gasteiger partial charge is 0.223 e. The highest BCUT2D eigenvalue weighted by molar-refractivity contribution is 5.78. The Balaban J connectivity index is 1.67. The Morgan fingerprint density at radius 1 is 1.00 bits per heavy atom. The first-order chi connectivity index (χ1) is 12.3. The van der Waals surface area contributed by atoms with Gasteiger partial charge in [-0.05, 0) is 30.4 Å². The molecule has 1 aliphatic heterocycles. The summed E-state index contributed by atoms with van der Waals surface area (Å²) < 4.78 is 5.75. The highest BCUT2D eigenvalue weighted by Crippen LogP contribution is 2.20. The van der Waals surface area contributed by atoms with E-state index >= 15 is 0 Å². The number of carbonyl (C=O) groups excluding carboxylic acids is 2. The molecule has 0 radical (unpaired) electrons. The summed E-state index contributed by atoms with van der Waals surface area (Å²) in [6, 6.07) is 7.90. The number of rotatable bonds is 6. The predicted octanol–water partition coefficient (Wildman–Crippen LogP) is 3.26. The van der Waals surface area contributed by atoms with E-state index in [9.17, 15) is 9.59 Å². The number of hydrogen-bond acceptors (Lipinski definition) is 3. The highest BCUT2D eigenvalue weighted by atomic mass is 16.5. The summed E-state index contributed by atoms with van der Waals surface area (Å²) in [5, 5.41) is 0. The lowest BCUT2D eigenvalue weighted by atomic mass is 9.91. The molecule has 2 rings (SSSR count). The number of nitrogens with zero attached hydrogens (tertiary/aromatic N) is 2. The van der Waals surface area contributed by atoms with Crippen molar-refractivity contribution < 1.29 is 14.3 Å². The van der Waals surface area contributed by atoms with Crippen LogP contribution in [0.15, 0.2) is 24.3 Å². The fourth-order valence-corrected chi connectivity index (χ4v) is 3.05. The molecule has 1 heterocycles. The Kier molecular flexibility index (Phi) is 7.06. The Morgan fingerprint density at radius 2 is 1.58 bits per heavy atom. The summed E-state index contributed by atoms with van der Waals surface area (Å²) in [4.78, 5) is 28.4. The van der Waals surface area contributed by atoms with Crippen LogP contribution in [0.25, 0.3) is 0 Å².